The van der Waals surface area contributed by atoms with Crippen LogP contribution in [0, 0.1) is 0 Å². The van der Waals surface area contributed by atoms with Gasteiger partial charge in [0.05, 0.1) is 0 Å². The van der Waals surface area contributed by atoms with Crippen LogP contribution in [0.3, 0.4) is 0 Å². The van der Waals surface area contributed by atoms with Gasteiger partial charge < -0.3 is 15.2 Å². The van der Waals surface area contributed by atoms with Gasteiger partial charge in [0.15, 0.2) is 11.5 Å². The maximum Gasteiger partial charge on any atom is 0.241 e. The summed E-state index contributed by atoms with van der Waals surface area (Å²) in [5.41, 5.74) is 8.04. The van der Waals surface area contributed by atoms with Crippen molar-refractivity contribution in [3.63, 3.8) is 0 Å². The maximum atomic E-state index is 11.0. The van der Waals surface area contributed by atoms with Crippen LogP contribution < -0.4 is 15.2 Å². The van der Waals surface area contributed by atoms with Gasteiger partial charge in [0.1, 0.15) is 0 Å². The van der Waals surface area contributed by atoms with E-state index in [9.17, 15) is 4.79 Å². The van der Waals surface area contributed by atoms with Crippen LogP contribution in [0.4, 0.5) is 0 Å². The van der Waals surface area contributed by atoms with Crippen molar-refractivity contribution >= 4 is 17.6 Å². The molecule has 0 fully saturated rings. The van der Waals surface area contributed by atoms with Crippen molar-refractivity contribution in [3.8, 4) is 11.5 Å². The van der Waals surface area contributed by atoms with E-state index in [4.69, 9.17) is 15.2 Å². The molecule has 4 heteroatoms. The van der Waals surface area contributed by atoms with E-state index in [0.717, 1.165) is 28.2 Å². The van der Waals surface area contributed by atoms with Crippen molar-refractivity contribution in [3.05, 3.63) is 71.8 Å². The third-order valence-electron chi connectivity index (χ3n) is 3.25. The summed E-state index contributed by atoms with van der Waals surface area (Å²) in [6.45, 7) is 0.246. The van der Waals surface area contributed by atoms with E-state index < -0.39 is 5.91 Å². The van der Waals surface area contributed by atoms with E-state index >= 15 is 0 Å². The lowest BCUT2D eigenvalue weighted by Gasteiger charge is -2.04. The topological polar surface area (TPSA) is 61.6 Å². The Bertz CT molecular complexity index is 748. The van der Waals surface area contributed by atoms with Crippen LogP contribution in [0.15, 0.2) is 60.7 Å². The Labute approximate surface area is 128 Å². The maximum absolute atomic E-state index is 11.0. The number of benzene rings is 2. The minimum atomic E-state index is -0.479. The van der Waals surface area contributed by atoms with Gasteiger partial charge >= 0.3 is 0 Å². The summed E-state index contributed by atoms with van der Waals surface area (Å²) in [6, 6.07) is 15.5. The first-order valence-corrected chi connectivity index (χ1v) is 6.87. The molecule has 0 aliphatic carbocycles. The molecule has 1 amide bonds. The van der Waals surface area contributed by atoms with Crippen molar-refractivity contribution in [1.82, 2.24) is 0 Å². The summed E-state index contributed by atoms with van der Waals surface area (Å²) in [6.07, 6.45) is 5.03. The Morgan fingerprint density at radius 1 is 1.00 bits per heavy atom. The summed E-state index contributed by atoms with van der Waals surface area (Å²) >= 11 is 0. The molecule has 1 aliphatic heterocycles. The highest BCUT2D eigenvalue weighted by atomic mass is 16.7. The Balaban J connectivity index is 1.99. The van der Waals surface area contributed by atoms with Gasteiger partial charge in [-0.3, -0.25) is 4.79 Å². The standard InChI is InChI=1S/C18H15NO3/c19-18(20)9-7-15(14-4-2-1-3-5-14)10-13-6-8-16-17(11-13)22-12-21-16/h1-11H,12H2,(H2,19,20). The van der Waals surface area contributed by atoms with Crippen LogP contribution in [-0.4, -0.2) is 12.7 Å². The fourth-order valence-electron chi connectivity index (χ4n) is 2.21. The molecule has 4 nitrogen and oxygen atoms in total. The minimum absolute atomic E-state index is 0.246. The second-order valence-corrected chi connectivity index (χ2v) is 4.81. The largest absolute Gasteiger partial charge is 0.454 e. The molecule has 1 heterocycles. The van der Waals surface area contributed by atoms with Crippen LogP contribution in [0.25, 0.3) is 11.6 Å². The molecule has 0 spiro atoms. The Hall–Kier alpha value is -3.01. The number of ether oxygens (including phenoxy) is 2. The third kappa shape index (κ3) is 3.17. The summed E-state index contributed by atoms with van der Waals surface area (Å²) < 4.78 is 10.7. The predicted octanol–water partition coefficient (Wildman–Crippen LogP) is 3.00. The number of amides is 1. The number of primary amides is 1. The first kappa shape index (κ1) is 13.9. The van der Waals surface area contributed by atoms with Gasteiger partial charge in [0, 0.05) is 6.08 Å². The lowest BCUT2D eigenvalue weighted by atomic mass is 10.0. The lowest BCUT2D eigenvalue weighted by Crippen LogP contribution is -2.05. The van der Waals surface area contributed by atoms with Gasteiger partial charge in [0.25, 0.3) is 0 Å². The molecule has 0 aromatic heterocycles. The highest BCUT2D eigenvalue weighted by Gasteiger charge is 2.12. The van der Waals surface area contributed by atoms with Crippen LogP contribution in [0.5, 0.6) is 11.5 Å². The zero-order valence-electron chi connectivity index (χ0n) is 11.9. The van der Waals surface area contributed by atoms with E-state index in [1.807, 2.05) is 54.6 Å². The molecule has 0 saturated heterocycles. The van der Waals surface area contributed by atoms with E-state index in [1.165, 1.54) is 6.08 Å². The average Bonchev–Trinajstić information content (AvgIpc) is 2.99. The van der Waals surface area contributed by atoms with E-state index in [0.29, 0.717) is 0 Å². The number of allylic oxidation sites excluding steroid dienone is 2. The van der Waals surface area contributed by atoms with Gasteiger partial charge in [-0.05, 0) is 41.0 Å². The first-order chi connectivity index (χ1) is 10.7. The van der Waals surface area contributed by atoms with Gasteiger partial charge in [0.2, 0.25) is 12.7 Å². The Morgan fingerprint density at radius 2 is 1.77 bits per heavy atom. The average molecular weight is 293 g/mol. The SMILES string of the molecule is NC(=O)C=CC(=Cc1ccc2c(c1)OCO2)c1ccccc1. The number of fused-ring (bicyclic) bond motifs is 1. The zero-order valence-corrected chi connectivity index (χ0v) is 11.9. The number of hydrogen-bond acceptors (Lipinski definition) is 3. The number of rotatable bonds is 4. The highest BCUT2D eigenvalue weighted by molar-refractivity contribution is 5.94. The zero-order chi connectivity index (χ0) is 15.4. The Morgan fingerprint density at radius 3 is 2.55 bits per heavy atom. The van der Waals surface area contributed by atoms with Crippen LogP contribution >= 0.6 is 0 Å². The van der Waals surface area contributed by atoms with Crippen molar-refractivity contribution < 1.29 is 14.3 Å². The minimum Gasteiger partial charge on any atom is -0.454 e. The van der Waals surface area contributed by atoms with Crippen LogP contribution in [0.1, 0.15) is 11.1 Å². The van der Waals surface area contributed by atoms with Gasteiger partial charge in [-0.1, -0.05) is 36.4 Å². The summed E-state index contributed by atoms with van der Waals surface area (Å²) in [4.78, 5) is 11.0. The molecule has 110 valence electrons. The van der Waals surface area contributed by atoms with Gasteiger partial charge in [-0.15, -0.1) is 0 Å². The first-order valence-electron chi connectivity index (χ1n) is 6.87. The predicted molar refractivity (Wildman–Crippen MR) is 85.2 cm³/mol. The fourth-order valence-corrected chi connectivity index (χ4v) is 2.21. The molecule has 0 unspecified atom stereocenters. The molecule has 1 aliphatic rings. The second-order valence-electron chi connectivity index (χ2n) is 4.81. The molecule has 2 aromatic carbocycles. The molecule has 0 bridgehead atoms. The quantitative estimate of drug-likeness (QED) is 0.535. The van der Waals surface area contributed by atoms with Crippen molar-refractivity contribution in [1.29, 1.82) is 0 Å². The summed E-state index contributed by atoms with van der Waals surface area (Å²) in [7, 11) is 0. The molecular formula is C18H15NO3. The van der Waals surface area contributed by atoms with E-state index in [2.05, 4.69) is 0 Å². The van der Waals surface area contributed by atoms with E-state index in [-0.39, 0.29) is 6.79 Å². The molecule has 22 heavy (non-hydrogen) atoms. The molecule has 2 aromatic rings. The van der Waals surface area contributed by atoms with E-state index in [1.54, 1.807) is 6.08 Å². The van der Waals surface area contributed by atoms with Crippen molar-refractivity contribution in [2.45, 2.75) is 0 Å². The summed E-state index contributed by atoms with van der Waals surface area (Å²) in [5, 5.41) is 0. The lowest BCUT2D eigenvalue weighted by molar-refractivity contribution is -0.113. The third-order valence-corrected chi connectivity index (χ3v) is 3.25. The smallest absolute Gasteiger partial charge is 0.241 e. The fraction of sp³-hybridized carbons (Fsp3) is 0.0556. The monoisotopic (exact) mass is 293 g/mol. The van der Waals surface area contributed by atoms with Crippen LogP contribution in [0.2, 0.25) is 0 Å². The number of carbonyl (C=O) groups excluding carboxylic acids is 1. The number of carbonyl (C=O) groups is 1. The normalized spacial score (nSPS) is 13.5. The summed E-state index contributed by atoms with van der Waals surface area (Å²) in [5.74, 6) is 0.985. The number of hydrogen-bond donors (Lipinski definition) is 1. The van der Waals surface area contributed by atoms with Crippen LogP contribution in [-0.2, 0) is 4.79 Å². The van der Waals surface area contributed by atoms with Crippen molar-refractivity contribution in [2.24, 2.45) is 5.73 Å². The molecule has 0 radical (unpaired) electrons. The van der Waals surface area contributed by atoms with Crippen molar-refractivity contribution in [2.75, 3.05) is 6.79 Å². The molecule has 0 atom stereocenters. The number of nitrogens with two attached hydrogens (primary N) is 1. The van der Waals surface area contributed by atoms with Gasteiger partial charge in [-0.25, -0.2) is 0 Å². The second kappa shape index (κ2) is 6.18. The van der Waals surface area contributed by atoms with Gasteiger partial charge in [-0.2, -0.15) is 0 Å². The highest BCUT2D eigenvalue weighted by Crippen LogP contribution is 2.33. The Kier molecular flexibility index (Phi) is 3.92. The molecule has 0 saturated carbocycles. The molecule has 2 N–H and O–H groups in total. The molecule has 3 rings (SSSR count). The molecular weight excluding hydrogens is 278 g/mol.